The molecular weight excluding hydrogens is 438 g/mol. The number of nitrogens with zero attached hydrogens (tertiary/aromatic N) is 4. The number of thiophene rings is 1. The van der Waals surface area contributed by atoms with Crippen LogP contribution in [0.2, 0.25) is 0 Å². The Labute approximate surface area is 195 Å². The van der Waals surface area contributed by atoms with Crippen LogP contribution < -0.4 is 10.9 Å². The van der Waals surface area contributed by atoms with Gasteiger partial charge in [-0.05, 0) is 50.3 Å². The van der Waals surface area contributed by atoms with Gasteiger partial charge in [0.1, 0.15) is 10.7 Å². The van der Waals surface area contributed by atoms with Crippen LogP contribution in [-0.2, 0) is 13.0 Å². The second-order valence-electron chi connectivity index (χ2n) is 8.81. The molecule has 2 aliphatic heterocycles. The van der Waals surface area contributed by atoms with Gasteiger partial charge in [-0.25, -0.2) is 4.98 Å². The number of pyridine rings is 1. The number of piperidine rings is 1. The Morgan fingerprint density at radius 2 is 1.85 bits per heavy atom. The average molecular weight is 466 g/mol. The fourth-order valence-electron chi connectivity index (χ4n) is 4.78. The van der Waals surface area contributed by atoms with Crippen molar-refractivity contribution in [2.75, 3.05) is 13.1 Å². The predicted molar refractivity (Wildman–Crippen MR) is 127 cm³/mol. The Hall–Kier alpha value is -3.07. The number of likely N-dealkylation sites (tertiary alicyclic amines) is 1. The summed E-state index contributed by atoms with van der Waals surface area (Å²) in [6.45, 7) is 3.72. The fraction of sp³-hybridized carbons (Fsp3) is 0.458. The highest BCUT2D eigenvalue weighted by Gasteiger charge is 2.27. The summed E-state index contributed by atoms with van der Waals surface area (Å²) in [5, 5.41) is 3.70. The molecule has 5 heterocycles. The number of aromatic nitrogens is 3. The standard InChI is InChI=1S/C24H27N5O3S/c1-15-19-22(27-18-5-3-2-4-12-29(18)24(19)32)33-20(15)21(30)26-17-8-13-28(14-9-17)23(31)16-6-10-25-11-7-16/h6-7,10-11,17H,2-5,8-9,12-14H2,1H3,(H,26,30). The fourth-order valence-corrected chi connectivity index (χ4v) is 5.87. The van der Waals surface area contributed by atoms with Crippen molar-refractivity contribution in [3.8, 4) is 0 Å². The van der Waals surface area contributed by atoms with Gasteiger partial charge in [0.15, 0.2) is 0 Å². The molecule has 0 bridgehead atoms. The van der Waals surface area contributed by atoms with Crippen LogP contribution in [0, 0.1) is 6.92 Å². The number of carbonyl (C=O) groups is 2. The Morgan fingerprint density at radius 3 is 2.61 bits per heavy atom. The third-order valence-corrected chi connectivity index (χ3v) is 7.85. The van der Waals surface area contributed by atoms with E-state index in [9.17, 15) is 14.4 Å². The number of fused-ring (bicyclic) bond motifs is 2. The van der Waals surface area contributed by atoms with E-state index >= 15 is 0 Å². The van der Waals surface area contributed by atoms with E-state index in [0.717, 1.165) is 37.1 Å². The van der Waals surface area contributed by atoms with Crippen molar-refractivity contribution in [2.45, 2.75) is 58.0 Å². The lowest BCUT2D eigenvalue weighted by molar-refractivity contribution is 0.0698. The van der Waals surface area contributed by atoms with Crippen LogP contribution >= 0.6 is 11.3 Å². The van der Waals surface area contributed by atoms with Crippen molar-refractivity contribution in [3.05, 3.63) is 56.7 Å². The Kier molecular flexibility index (Phi) is 5.97. The first kappa shape index (κ1) is 21.8. The van der Waals surface area contributed by atoms with Crippen LogP contribution in [0.1, 0.15) is 63.5 Å². The molecule has 2 aliphatic rings. The van der Waals surface area contributed by atoms with Crippen molar-refractivity contribution < 1.29 is 9.59 Å². The van der Waals surface area contributed by atoms with Crippen LogP contribution in [0.15, 0.2) is 29.3 Å². The van der Waals surface area contributed by atoms with E-state index in [-0.39, 0.29) is 23.4 Å². The number of carbonyl (C=O) groups excluding carboxylic acids is 2. The highest BCUT2D eigenvalue weighted by molar-refractivity contribution is 7.20. The van der Waals surface area contributed by atoms with Gasteiger partial charge < -0.3 is 10.2 Å². The van der Waals surface area contributed by atoms with Gasteiger partial charge in [-0.1, -0.05) is 6.42 Å². The highest BCUT2D eigenvalue weighted by atomic mass is 32.1. The maximum absolute atomic E-state index is 13.1. The zero-order chi connectivity index (χ0) is 22.9. The molecule has 0 saturated carbocycles. The number of aryl methyl sites for hydroxylation is 2. The minimum Gasteiger partial charge on any atom is -0.348 e. The number of hydrogen-bond acceptors (Lipinski definition) is 6. The van der Waals surface area contributed by atoms with Crippen LogP contribution in [0.5, 0.6) is 0 Å². The van der Waals surface area contributed by atoms with Gasteiger partial charge in [0.2, 0.25) is 0 Å². The van der Waals surface area contributed by atoms with Gasteiger partial charge >= 0.3 is 0 Å². The second kappa shape index (κ2) is 9.05. The molecule has 33 heavy (non-hydrogen) atoms. The molecule has 0 radical (unpaired) electrons. The van der Waals surface area contributed by atoms with E-state index in [2.05, 4.69) is 10.3 Å². The van der Waals surface area contributed by atoms with Crippen molar-refractivity contribution >= 4 is 33.4 Å². The van der Waals surface area contributed by atoms with E-state index in [1.165, 1.54) is 11.3 Å². The smallest absolute Gasteiger partial charge is 0.262 e. The summed E-state index contributed by atoms with van der Waals surface area (Å²) in [7, 11) is 0. The molecular formula is C24H27N5O3S. The molecule has 0 unspecified atom stereocenters. The van der Waals surface area contributed by atoms with Crippen LogP contribution in [0.4, 0.5) is 0 Å². The van der Waals surface area contributed by atoms with E-state index in [1.807, 2.05) is 11.8 Å². The van der Waals surface area contributed by atoms with E-state index in [0.29, 0.717) is 53.1 Å². The van der Waals surface area contributed by atoms with Crippen LogP contribution in [0.3, 0.4) is 0 Å². The third kappa shape index (κ3) is 4.17. The van der Waals surface area contributed by atoms with Crippen LogP contribution in [0.25, 0.3) is 10.2 Å². The van der Waals surface area contributed by atoms with Crippen molar-refractivity contribution in [1.29, 1.82) is 0 Å². The summed E-state index contributed by atoms with van der Waals surface area (Å²) < 4.78 is 1.80. The lowest BCUT2D eigenvalue weighted by Crippen LogP contribution is -2.46. The van der Waals surface area contributed by atoms with Gasteiger partial charge in [-0.2, -0.15) is 0 Å². The third-order valence-electron chi connectivity index (χ3n) is 6.66. The van der Waals surface area contributed by atoms with Gasteiger partial charge in [-0.15, -0.1) is 11.3 Å². The average Bonchev–Trinajstić information content (AvgIpc) is 3.00. The molecule has 1 N–H and O–H groups in total. The molecule has 2 amide bonds. The maximum atomic E-state index is 13.1. The summed E-state index contributed by atoms with van der Waals surface area (Å²) in [4.78, 5) is 50.6. The summed E-state index contributed by atoms with van der Waals surface area (Å²) in [5.74, 6) is 0.673. The zero-order valence-electron chi connectivity index (χ0n) is 18.7. The predicted octanol–water partition coefficient (Wildman–Crippen LogP) is 2.92. The molecule has 8 nitrogen and oxygen atoms in total. The molecule has 0 spiro atoms. The van der Waals surface area contributed by atoms with Gasteiger partial charge in [0.05, 0.1) is 10.3 Å². The molecule has 5 rings (SSSR count). The first-order chi connectivity index (χ1) is 16.0. The monoisotopic (exact) mass is 465 g/mol. The van der Waals surface area contributed by atoms with Gasteiger partial charge in [0, 0.05) is 50.1 Å². The van der Waals surface area contributed by atoms with Gasteiger partial charge in [0.25, 0.3) is 17.4 Å². The van der Waals surface area contributed by atoms with Crippen molar-refractivity contribution in [1.82, 2.24) is 24.8 Å². The number of rotatable bonds is 3. The van der Waals surface area contributed by atoms with Gasteiger partial charge in [-0.3, -0.25) is 23.9 Å². The van der Waals surface area contributed by atoms with E-state index in [1.54, 1.807) is 29.1 Å². The Balaban J connectivity index is 1.29. The topological polar surface area (TPSA) is 97.2 Å². The molecule has 9 heteroatoms. The first-order valence-corrected chi connectivity index (χ1v) is 12.4. The quantitative estimate of drug-likeness (QED) is 0.642. The molecule has 0 atom stereocenters. The van der Waals surface area contributed by atoms with Crippen molar-refractivity contribution in [2.24, 2.45) is 0 Å². The molecule has 1 fully saturated rings. The molecule has 3 aromatic heterocycles. The number of amides is 2. The second-order valence-corrected chi connectivity index (χ2v) is 9.81. The molecule has 3 aromatic rings. The Bertz CT molecular complexity index is 1260. The molecule has 172 valence electrons. The lowest BCUT2D eigenvalue weighted by atomic mass is 10.0. The molecule has 0 aliphatic carbocycles. The summed E-state index contributed by atoms with van der Waals surface area (Å²) >= 11 is 1.31. The number of nitrogens with one attached hydrogen (secondary N) is 1. The van der Waals surface area contributed by atoms with E-state index in [4.69, 9.17) is 4.98 Å². The van der Waals surface area contributed by atoms with Crippen LogP contribution in [-0.4, -0.2) is 50.4 Å². The highest BCUT2D eigenvalue weighted by Crippen LogP contribution is 2.28. The first-order valence-electron chi connectivity index (χ1n) is 11.6. The molecule has 0 aromatic carbocycles. The summed E-state index contributed by atoms with van der Waals surface area (Å²) in [5.41, 5.74) is 1.33. The van der Waals surface area contributed by atoms with Crippen molar-refractivity contribution in [3.63, 3.8) is 0 Å². The summed E-state index contributed by atoms with van der Waals surface area (Å²) in [6, 6.07) is 3.43. The minimum absolute atomic E-state index is 0.00521. The SMILES string of the molecule is Cc1c(C(=O)NC2CCN(C(=O)c3ccncc3)CC2)sc2nc3n(c(=O)c12)CCCCC3. The van der Waals surface area contributed by atoms with E-state index < -0.39 is 0 Å². The number of hydrogen-bond donors (Lipinski definition) is 1. The Morgan fingerprint density at radius 1 is 1.09 bits per heavy atom. The normalized spacial score (nSPS) is 16.9. The lowest BCUT2D eigenvalue weighted by Gasteiger charge is -2.32. The molecule has 1 saturated heterocycles. The maximum Gasteiger partial charge on any atom is 0.262 e. The zero-order valence-corrected chi connectivity index (χ0v) is 19.5. The minimum atomic E-state index is -0.158. The summed E-state index contributed by atoms with van der Waals surface area (Å²) in [6.07, 6.45) is 8.56. The largest absolute Gasteiger partial charge is 0.348 e.